The lowest BCUT2D eigenvalue weighted by molar-refractivity contribution is -0.154. The van der Waals surface area contributed by atoms with E-state index in [0.29, 0.717) is 6.61 Å². The summed E-state index contributed by atoms with van der Waals surface area (Å²) in [5.41, 5.74) is 5.35. The minimum absolute atomic E-state index is 0.0255. The van der Waals surface area contributed by atoms with E-state index < -0.39 is 45.1 Å². The van der Waals surface area contributed by atoms with E-state index in [2.05, 4.69) is 13.8 Å². The van der Waals surface area contributed by atoms with Gasteiger partial charge in [-0.05, 0) is 12.8 Å². The van der Waals surface area contributed by atoms with E-state index in [1.165, 1.54) is 173 Å². The Morgan fingerprint density at radius 3 is 1.20 bits per heavy atom. The SMILES string of the molecule is CCCCCCCCCCCCCCCCCCCCCCCCCOCC(COP(=O)(O)OCC(N)C(=O)O)OC(=O)CCCCCCCCCCCC. The normalized spacial score (nSPS) is 13.8. The first-order valence-corrected chi connectivity index (χ1v) is 24.6. The van der Waals surface area contributed by atoms with Crippen molar-refractivity contribution in [2.45, 2.75) is 244 Å². The number of carbonyl (C=O) groups is 2. The number of phosphoric ester groups is 1. The van der Waals surface area contributed by atoms with Crippen LogP contribution < -0.4 is 5.73 Å². The van der Waals surface area contributed by atoms with E-state index in [0.717, 1.165) is 38.5 Å². The fraction of sp³-hybridized carbons (Fsp3) is 0.955. The minimum atomic E-state index is -4.60. The summed E-state index contributed by atoms with van der Waals surface area (Å²) >= 11 is 0. The largest absolute Gasteiger partial charge is 0.480 e. The van der Waals surface area contributed by atoms with Crippen LogP contribution in [0.2, 0.25) is 0 Å². The zero-order valence-corrected chi connectivity index (χ0v) is 36.7. The molecule has 4 N–H and O–H groups in total. The highest BCUT2D eigenvalue weighted by Gasteiger charge is 2.27. The number of hydrogen-bond donors (Lipinski definition) is 3. The van der Waals surface area contributed by atoms with Gasteiger partial charge in [0.15, 0.2) is 0 Å². The number of nitrogens with two attached hydrogens (primary N) is 1. The predicted octanol–water partition coefficient (Wildman–Crippen LogP) is 12.8. The Balaban J connectivity index is 4.01. The van der Waals surface area contributed by atoms with Crippen molar-refractivity contribution in [2.75, 3.05) is 26.4 Å². The van der Waals surface area contributed by atoms with Gasteiger partial charge in [0.05, 0.1) is 19.8 Å². The van der Waals surface area contributed by atoms with Gasteiger partial charge in [-0.3, -0.25) is 18.6 Å². The molecule has 0 spiro atoms. The molecule has 3 atom stereocenters. The average molecular weight is 806 g/mol. The second-order valence-electron chi connectivity index (χ2n) is 15.9. The lowest BCUT2D eigenvalue weighted by atomic mass is 10.0. The number of carboxylic acid groups (broad SMARTS) is 1. The van der Waals surface area contributed by atoms with Crippen LogP contribution in [0.3, 0.4) is 0 Å². The molecule has 0 aromatic rings. The Hall–Kier alpha value is -1.03. The van der Waals surface area contributed by atoms with Crippen LogP contribution in [0.1, 0.15) is 232 Å². The monoisotopic (exact) mass is 806 g/mol. The predicted molar refractivity (Wildman–Crippen MR) is 226 cm³/mol. The molecule has 0 radical (unpaired) electrons. The maximum atomic E-state index is 12.6. The van der Waals surface area contributed by atoms with Crippen LogP contribution in [0.5, 0.6) is 0 Å². The van der Waals surface area contributed by atoms with Crippen LogP contribution >= 0.6 is 7.82 Å². The lowest BCUT2D eigenvalue weighted by Crippen LogP contribution is -2.34. The van der Waals surface area contributed by atoms with Gasteiger partial charge in [-0.15, -0.1) is 0 Å². The Labute approximate surface area is 338 Å². The number of carboxylic acids is 1. The molecule has 0 aliphatic heterocycles. The first kappa shape index (κ1) is 54.0. The van der Waals surface area contributed by atoms with Gasteiger partial charge >= 0.3 is 19.8 Å². The highest BCUT2D eigenvalue weighted by molar-refractivity contribution is 7.47. The van der Waals surface area contributed by atoms with Crippen LogP contribution in [0.25, 0.3) is 0 Å². The molecule has 0 fully saturated rings. The molecule has 0 aromatic carbocycles. The highest BCUT2D eigenvalue weighted by Crippen LogP contribution is 2.43. The van der Waals surface area contributed by atoms with Crippen LogP contribution in [-0.2, 0) is 32.7 Å². The van der Waals surface area contributed by atoms with Gasteiger partial charge in [0.2, 0.25) is 0 Å². The third kappa shape index (κ3) is 40.9. The number of rotatable bonds is 45. The first-order chi connectivity index (χ1) is 26.7. The van der Waals surface area contributed by atoms with Gasteiger partial charge in [0, 0.05) is 13.0 Å². The van der Waals surface area contributed by atoms with Crippen molar-refractivity contribution in [3.05, 3.63) is 0 Å². The van der Waals surface area contributed by atoms with Crippen LogP contribution in [0, 0.1) is 0 Å². The molecule has 0 rings (SSSR count). The molecule has 328 valence electrons. The second-order valence-corrected chi connectivity index (χ2v) is 17.4. The van der Waals surface area contributed by atoms with E-state index in [1.807, 2.05) is 0 Å². The zero-order chi connectivity index (χ0) is 40.5. The van der Waals surface area contributed by atoms with Gasteiger partial charge in [0.25, 0.3) is 0 Å². The number of aliphatic carboxylic acids is 1. The molecule has 0 heterocycles. The third-order valence-electron chi connectivity index (χ3n) is 10.4. The molecule has 0 saturated carbocycles. The Morgan fingerprint density at radius 1 is 0.509 bits per heavy atom. The van der Waals surface area contributed by atoms with E-state index in [4.69, 9.17) is 29.4 Å². The lowest BCUT2D eigenvalue weighted by Gasteiger charge is -2.20. The van der Waals surface area contributed by atoms with Crippen LogP contribution in [0.15, 0.2) is 0 Å². The van der Waals surface area contributed by atoms with Crippen molar-refractivity contribution in [1.29, 1.82) is 0 Å². The van der Waals surface area contributed by atoms with Gasteiger partial charge < -0.3 is 25.2 Å². The molecule has 55 heavy (non-hydrogen) atoms. The van der Waals surface area contributed by atoms with Crippen molar-refractivity contribution < 1.29 is 42.7 Å². The van der Waals surface area contributed by atoms with Crippen molar-refractivity contribution in [3.63, 3.8) is 0 Å². The summed E-state index contributed by atoms with van der Waals surface area (Å²) in [5, 5.41) is 8.89. The molecule has 0 amide bonds. The van der Waals surface area contributed by atoms with E-state index in [9.17, 15) is 19.0 Å². The van der Waals surface area contributed by atoms with Crippen molar-refractivity contribution in [3.8, 4) is 0 Å². The van der Waals surface area contributed by atoms with Crippen LogP contribution in [0.4, 0.5) is 0 Å². The summed E-state index contributed by atoms with van der Waals surface area (Å²) in [6.45, 7) is 3.91. The molecule has 10 nitrogen and oxygen atoms in total. The van der Waals surface area contributed by atoms with Crippen molar-refractivity contribution >= 4 is 19.8 Å². The zero-order valence-electron chi connectivity index (χ0n) is 35.8. The van der Waals surface area contributed by atoms with Gasteiger partial charge in [-0.2, -0.15) is 0 Å². The number of phosphoric acid groups is 1. The topological polar surface area (TPSA) is 155 Å². The van der Waals surface area contributed by atoms with Gasteiger partial charge in [-0.1, -0.05) is 213 Å². The number of unbranched alkanes of at least 4 members (excludes halogenated alkanes) is 31. The fourth-order valence-electron chi connectivity index (χ4n) is 6.78. The number of esters is 1. The molecule has 0 aliphatic rings. The molecule has 11 heteroatoms. The maximum Gasteiger partial charge on any atom is 0.472 e. The maximum absolute atomic E-state index is 12.6. The Bertz CT molecular complexity index is 893. The Morgan fingerprint density at radius 2 is 0.836 bits per heavy atom. The first-order valence-electron chi connectivity index (χ1n) is 23.1. The van der Waals surface area contributed by atoms with Crippen LogP contribution in [-0.4, -0.2) is 60.5 Å². The van der Waals surface area contributed by atoms with Gasteiger partial charge in [0.1, 0.15) is 12.1 Å². The van der Waals surface area contributed by atoms with Crippen molar-refractivity contribution in [2.24, 2.45) is 5.73 Å². The summed E-state index contributed by atoms with van der Waals surface area (Å²) < 4.78 is 33.3. The number of hydrogen-bond acceptors (Lipinski definition) is 8. The molecule has 0 bridgehead atoms. The smallest absolute Gasteiger partial charge is 0.472 e. The van der Waals surface area contributed by atoms with E-state index in [1.54, 1.807) is 0 Å². The number of carbonyl (C=O) groups excluding carboxylic acids is 1. The van der Waals surface area contributed by atoms with E-state index >= 15 is 0 Å². The molecular formula is C44H88NO9P. The van der Waals surface area contributed by atoms with Crippen molar-refractivity contribution in [1.82, 2.24) is 0 Å². The number of ether oxygens (including phenoxy) is 2. The third-order valence-corrected chi connectivity index (χ3v) is 11.3. The quantitative estimate of drug-likeness (QED) is 0.0308. The summed E-state index contributed by atoms with van der Waals surface area (Å²) in [6.07, 6.45) is 41.7. The standard InChI is InChI=1S/C44H88NO9P/c1-3-5-7-9-11-13-15-16-17-18-19-20-21-22-23-24-25-26-27-29-31-33-35-37-51-38-41(39-52-55(49,50)53-40-42(45)44(47)48)54-43(46)36-34-32-30-28-14-12-10-8-6-4-2/h41-42H,3-40,45H2,1-2H3,(H,47,48)(H,49,50). The minimum Gasteiger partial charge on any atom is -0.480 e. The Kier molecular flexibility index (Phi) is 40.4. The average Bonchev–Trinajstić information content (AvgIpc) is 3.16. The molecule has 0 saturated heterocycles. The second kappa shape index (κ2) is 41.1. The highest BCUT2D eigenvalue weighted by atomic mass is 31.2. The summed E-state index contributed by atoms with van der Waals surface area (Å²) in [7, 11) is -4.60. The summed E-state index contributed by atoms with van der Waals surface area (Å²) in [5.74, 6) is -1.77. The molecule has 0 aliphatic carbocycles. The molecule has 3 unspecified atom stereocenters. The molecular weight excluding hydrogens is 717 g/mol. The summed E-state index contributed by atoms with van der Waals surface area (Å²) in [4.78, 5) is 33.4. The van der Waals surface area contributed by atoms with E-state index in [-0.39, 0.29) is 13.0 Å². The van der Waals surface area contributed by atoms with Gasteiger partial charge in [-0.25, -0.2) is 4.57 Å². The molecule has 0 aromatic heterocycles. The fourth-order valence-corrected chi connectivity index (χ4v) is 7.56. The summed E-state index contributed by atoms with van der Waals surface area (Å²) in [6, 6.07) is -1.47.